The van der Waals surface area contributed by atoms with Gasteiger partial charge in [0.2, 0.25) is 0 Å². The molecule has 18 heavy (non-hydrogen) atoms. The molecule has 0 bridgehead atoms. The van der Waals surface area contributed by atoms with Crippen molar-refractivity contribution in [2.24, 2.45) is 0 Å². The number of hydrogen-bond acceptors (Lipinski definition) is 1. The van der Waals surface area contributed by atoms with Gasteiger partial charge in [-0.1, -0.05) is 19.4 Å². The second kappa shape index (κ2) is 4.84. The van der Waals surface area contributed by atoms with Crippen LogP contribution in [0, 0.1) is 0 Å². The standard InChI is InChI=1S/C15H19NO2/c1-4-6-11-9-16(10(2)3)13-8-5-7-12(14(11)13)15(17)18/h5,7-10H,4,6H2,1-3H3,(H,17,18). The summed E-state index contributed by atoms with van der Waals surface area (Å²) < 4.78 is 2.16. The van der Waals surface area contributed by atoms with E-state index >= 15 is 0 Å². The molecule has 96 valence electrons. The van der Waals surface area contributed by atoms with Crippen LogP contribution >= 0.6 is 0 Å². The van der Waals surface area contributed by atoms with E-state index in [0.717, 1.165) is 29.3 Å². The van der Waals surface area contributed by atoms with Crippen molar-refractivity contribution < 1.29 is 9.90 Å². The van der Waals surface area contributed by atoms with Crippen molar-refractivity contribution in [3.8, 4) is 0 Å². The Morgan fingerprint density at radius 3 is 2.67 bits per heavy atom. The van der Waals surface area contributed by atoms with E-state index in [2.05, 4.69) is 31.5 Å². The van der Waals surface area contributed by atoms with Gasteiger partial charge in [0, 0.05) is 23.1 Å². The molecular weight excluding hydrogens is 226 g/mol. The SMILES string of the molecule is CCCc1cn(C(C)C)c2cccc(C(=O)O)c12. The molecule has 0 unspecified atom stereocenters. The Morgan fingerprint density at radius 1 is 1.39 bits per heavy atom. The number of aromatic nitrogens is 1. The first-order valence-electron chi connectivity index (χ1n) is 6.42. The number of carbonyl (C=O) groups is 1. The number of rotatable bonds is 4. The van der Waals surface area contributed by atoms with Gasteiger partial charge in [-0.3, -0.25) is 0 Å². The van der Waals surface area contributed by atoms with Crippen LogP contribution in [-0.2, 0) is 6.42 Å². The van der Waals surface area contributed by atoms with Crippen molar-refractivity contribution in [1.82, 2.24) is 4.57 Å². The number of aryl methyl sites for hydroxylation is 1. The lowest BCUT2D eigenvalue weighted by molar-refractivity contribution is 0.0699. The average molecular weight is 245 g/mol. The number of aromatic carboxylic acids is 1. The topological polar surface area (TPSA) is 42.2 Å². The zero-order chi connectivity index (χ0) is 13.3. The van der Waals surface area contributed by atoms with Gasteiger partial charge in [-0.2, -0.15) is 0 Å². The van der Waals surface area contributed by atoms with Crippen molar-refractivity contribution in [3.05, 3.63) is 35.5 Å². The molecule has 0 saturated heterocycles. The Bertz CT molecular complexity index is 581. The van der Waals surface area contributed by atoms with E-state index in [9.17, 15) is 9.90 Å². The summed E-state index contributed by atoms with van der Waals surface area (Å²) >= 11 is 0. The van der Waals surface area contributed by atoms with Crippen LogP contribution in [0.2, 0.25) is 0 Å². The van der Waals surface area contributed by atoms with Gasteiger partial charge in [0.15, 0.2) is 0 Å². The van der Waals surface area contributed by atoms with Crippen LogP contribution in [0.25, 0.3) is 10.9 Å². The maximum absolute atomic E-state index is 11.3. The van der Waals surface area contributed by atoms with E-state index in [1.54, 1.807) is 6.07 Å². The first-order chi connectivity index (χ1) is 8.56. The number of carboxylic acids is 1. The smallest absolute Gasteiger partial charge is 0.336 e. The molecule has 3 nitrogen and oxygen atoms in total. The average Bonchev–Trinajstić information content (AvgIpc) is 2.69. The van der Waals surface area contributed by atoms with E-state index in [4.69, 9.17) is 0 Å². The largest absolute Gasteiger partial charge is 0.478 e. The Balaban J connectivity index is 2.78. The maximum Gasteiger partial charge on any atom is 0.336 e. The fraction of sp³-hybridized carbons (Fsp3) is 0.400. The Hall–Kier alpha value is -1.77. The Labute approximate surface area is 107 Å². The van der Waals surface area contributed by atoms with Crippen LogP contribution in [0.5, 0.6) is 0 Å². The first kappa shape index (κ1) is 12.7. The number of benzene rings is 1. The van der Waals surface area contributed by atoms with Gasteiger partial charge >= 0.3 is 5.97 Å². The number of hydrogen-bond donors (Lipinski definition) is 1. The molecule has 0 radical (unpaired) electrons. The number of nitrogens with zero attached hydrogens (tertiary/aromatic N) is 1. The minimum Gasteiger partial charge on any atom is -0.478 e. The summed E-state index contributed by atoms with van der Waals surface area (Å²) in [5.74, 6) is -0.848. The molecule has 0 fully saturated rings. The minimum atomic E-state index is -0.848. The van der Waals surface area contributed by atoms with Crippen molar-refractivity contribution in [2.75, 3.05) is 0 Å². The lowest BCUT2D eigenvalue weighted by atomic mass is 10.0. The van der Waals surface area contributed by atoms with Crippen molar-refractivity contribution in [2.45, 2.75) is 39.7 Å². The molecule has 0 aliphatic carbocycles. The molecule has 0 aliphatic heterocycles. The molecule has 3 heteroatoms. The van der Waals surface area contributed by atoms with E-state index in [0.29, 0.717) is 11.6 Å². The van der Waals surface area contributed by atoms with Crippen molar-refractivity contribution >= 4 is 16.9 Å². The Morgan fingerprint density at radius 2 is 2.11 bits per heavy atom. The monoisotopic (exact) mass is 245 g/mol. The van der Waals surface area contributed by atoms with E-state index < -0.39 is 5.97 Å². The second-order valence-electron chi connectivity index (χ2n) is 4.91. The van der Waals surface area contributed by atoms with Crippen LogP contribution < -0.4 is 0 Å². The van der Waals surface area contributed by atoms with E-state index in [1.807, 2.05) is 12.1 Å². The van der Waals surface area contributed by atoms with Gasteiger partial charge in [-0.05, 0) is 38.0 Å². The molecule has 1 N–H and O–H groups in total. The van der Waals surface area contributed by atoms with Gasteiger partial charge in [0.25, 0.3) is 0 Å². The molecule has 0 atom stereocenters. The van der Waals surface area contributed by atoms with Crippen molar-refractivity contribution in [3.63, 3.8) is 0 Å². The molecular formula is C15H19NO2. The molecule has 0 amide bonds. The fourth-order valence-corrected chi connectivity index (χ4v) is 2.46. The van der Waals surface area contributed by atoms with Gasteiger partial charge in [0.1, 0.15) is 0 Å². The van der Waals surface area contributed by atoms with Gasteiger partial charge in [0.05, 0.1) is 5.56 Å². The normalized spacial score (nSPS) is 11.3. The molecule has 0 saturated carbocycles. The highest BCUT2D eigenvalue weighted by Crippen LogP contribution is 2.28. The minimum absolute atomic E-state index is 0.335. The molecule has 2 rings (SSSR count). The summed E-state index contributed by atoms with van der Waals surface area (Å²) in [5, 5.41) is 10.2. The third-order valence-corrected chi connectivity index (χ3v) is 3.24. The van der Waals surface area contributed by atoms with Crippen LogP contribution in [0.3, 0.4) is 0 Å². The predicted molar refractivity (Wildman–Crippen MR) is 73.3 cm³/mol. The highest BCUT2D eigenvalue weighted by molar-refractivity contribution is 6.04. The van der Waals surface area contributed by atoms with Crippen LogP contribution in [0.15, 0.2) is 24.4 Å². The fourth-order valence-electron chi connectivity index (χ4n) is 2.46. The third-order valence-electron chi connectivity index (χ3n) is 3.24. The molecule has 0 spiro atoms. The van der Waals surface area contributed by atoms with E-state index in [-0.39, 0.29) is 0 Å². The highest BCUT2D eigenvalue weighted by atomic mass is 16.4. The third kappa shape index (κ3) is 2.01. The maximum atomic E-state index is 11.3. The van der Waals surface area contributed by atoms with Gasteiger partial charge in [-0.25, -0.2) is 4.79 Å². The quantitative estimate of drug-likeness (QED) is 0.888. The van der Waals surface area contributed by atoms with Crippen molar-refractivity contribution in [1.29, 1.82) is 0 Å². The molecule has 1 heterocycles. The molecule has 1 aromatic heterocycles. The Kier molecular flexibility index (Phi) is 3.41. The predicted octanol–water partition coefficient (Wildman–Crippen LogP) is 3.87. The summed E-state index contributed by atoms with van der Waals surface area (Å²) in [6.45, 7) is 6.34. The van der Waals surface area contributed by atoms with Gasteiger partial charge < -0.3 is 9.67 Å². The summed E-state index contributed by atoms with van der Waals surface area (Å²) in [6.07, 6.45) is 4.04. The number of carboxylic acid groups (broad SMARTS) is 1. The van der Waals surface area contributed by atoms with Crippen LogP contribution in [0.4, 0.5) is 0 Å². The van der Waals surface area contributed by atoms with Crippen LogP contribution in [0.1, 0.15) is 49.2 Å². The first-order valence-corrected chi connectivity index (χ1v) is 6.42. The van der Waals surface area contributed by atoms with E-state index in [1.165, 1.54) is 0 Å². The lowest BCUT2D eigenvalue weighted by Gasteiger charge is -2.09. The van der Waals surface area contributed by atoms with Gasteiger partial charge in [-0.15, -0.1) is 0 Å². The summed E-state index contributed by atoms with van der Waals surface area (Å²) in [4.78, 5) is 11.3. The number of fused-ring (bicyclic) bond motifs is 1. The molecule has 2 aromatic rings. The molecule has 0 aliphatic rings. The van der Waals surface area contributed by atoms with Crippen LogP contribution in [-0.4, -0.2) is 15.6 Å². The zero-order valence-electron chi connectivity index (χ0n) is 11.1. The molecule has 1 aromatic carbocycles. The second-order valence-corrected chi connectivity index (χ2v) is 4.91. The lowest BCUT2D eigenvalue weighted by Crippen LogP contribution is -2.00. The summed E-state index contributed by atoms with van der Waals surface area (Å²) in [6, 6.07) is 5.85. The summed E-state index contributed by atoms with van der Waals surface area (Å²) in [7, 11) is 0. The highest BCUT2D eigenvalue weighted by Gasteiger charge is 2.16. The zero-order valence-corrected chi connectivity index (χ0v) is 11.1. The summed E-state index contributed by atoms with van der Waals surface area (Å²) in [5.41, 5.74) is 2.57.